The second-order valence-corrected chi connectivity index (χ2v) is 3.58. The second-order valence-electron chi connectivity index (χ2n) is 2.69. The molecule has 0 saturated carbocycles. The maximum absolute atomic E-state index is 9.53. The molecule has 0 spiro atoms. The van der Waals surface area contributed by atoms with Crippen LogP contribution < -0.4 is 0 Å². The van der Waals surface area contributed by atoms with E-state index in [9.17, 15) is 5.11 Å². The number of rotatable bonds is 2. The average Bonchev–Trinajstić information content (AvgIpc) is 2.49. The van der Waals surface area contributed by atoms with Gasteiger partial charge in [0, 0.05) is 11.1 Å². The lowest BCUT2D eigenvalue weighted by Crippen LogP contribution is -2.06. The Morgan fingerprint density at radius 2 is 2.42 bits per heavy atom. The zero-order valence-electron chi connectivity index (χ0n) is 6.98. The van der Waals surface area contributed by atoms with Crippen molar-refractivity contribution in [3.05, 3.63) is 16.1 Å². The minimum Gasteiger partial charge on any atom is -0.385 e. The number of hydrogen-bond acceptors (Lipinski definition) is 4. The van der Waals surface area contributed by atoms with Crippen molar-refractivity contribution in [2.45, 2.75) is 20.0 Å². The van der Waals surface area contributed by atoms with Gasteiger partial charge in [0.15, 0.2) is 0 Å². The highest BCUT2D eigenvalue weighted by Gasteiger charge is 2.18. The van der Waals surface area contributed by atoms with E-state index in [0.717, 1.165) is 5.69 Å². The number of hydrogen-bond donors (Lipinski definition) is 1. The van der Waals surface area contributed by atoms with Crippen molar-refractivity contribution in [1.29, 1.82) is 5.26 Å². The first-order chi connectivity index (χ1) is 5.65. The summed E-state index contributed by atoms with van der Waals surface area (Å²) in [6.07, 6.45) is -0.742. The molecule has 3 nitrogen and oxygen atoms in total. The second kappa shape index (κ2) is 3.65. The molecule has 1 heterocycles. The number of aliphatic hydroxyl groups is 1. The van der Waals surface area contributed by atoms with E-state index in [1.165, 1.54) is 11.3 Å². The van der Waals surface area contributed by atoms with Gasteiger partial charge in [-0.15, -0.1) is 11.3 Å². The third-order valence-corrected chi connectivity index (χ3v) is 2.60. The molecule has 12 heavy (non-hydrogen) atoms. The van der Waals surface area contributed by atoms with Crippen LogP contribution in [0.3, 0.4) is 0 Å². The van der Waals surface area contributed by atoms with E-state index in [-0.39, 0.29) is 0 Å². The molecule has 0 aliphatic carbocycles. The fraction of sp³-hybridized carbons (Fsp3) is 0.500. The molecule has 4 heteroatoms. The van der Waals surface area contributed by atoms with Gasteiger partial charge in [-0.05, 0) is 13.8 Å². The van der Waals surface area contributed by atoms with Crippen LogP contribution in [0.15, 0.2) is 5.38 Å². The molecule has 0 bridgehead atoms. The molecule has 0 aliphatic heterocycles. The van der Waals surface area contributed by atoms with Crippen LogP contribution in [0, 0.1) is 24.2 Å². The van der Waals surface area contributed by atoms with Gasteiger partial charge in [0.05, 0.1) is 12.0 Å². The van der Waals surface area contributed by atoms with Crippen LogP contribution in [0.1, 0.15) is 23.7 Å². The van der Waals surface area contributed by atoms with Crippen molar-refractivity contribution in [2.75, 3.05) is 0 Å². The minimum atomic E-state index is -0.742. The van der Waals surface area contributed by atoms with Crippen LogP contribution in [0.25, 0.3) is 0 Å². The number of aryl methyl sites for hydroxylation is 1. The van der Waals surface area contributed by atoms with Crippen molar-refractivity contribution >= 4 is 11.3 Å². The predicted octanol–water partition coefficient (Wildman–Crippen LogP) is 1.64. The summed E-state index contributed by atoms with van der Waals surface area (Å²) in [6.45, 7) is 3.55. The third kappa shape index (κ3) is 1.81. The molecule has 1 aromatic heterocycles. The highest BCUT2D eigenvalue weighted by Crippen LogP contribution is 2.23. The maximum atomic E-state index is 9.53. The van der Waals surface area contributed by atoms with Gasteiger partial charge in [0.1, 0.15) is 11.1 Å². The average molecular weight is 182 g/mol. The summed E-state index contributed by atoms with van der Waals surface area (Å²) in [4.78, 5) is 4.10. The topological polar surface area (TPSA) is 56.9 Å². The smallest absolute Gasteiger partial charge is 0.123 e. The molecule has 0 saturated heterocycles. The summed E-state index contributed by atoms with van der Waals surface area (Å²) >= 11 is 1.39. The Balaban J connectivity index is 2.79. The first-order valence-electron chi connectivity index (χ1n) is 3.65. The van der Waals surface area contributed by atoms with Gasteiger partial charge in [0.2, 0.25) is 0 Å². The Morgan fingerprint density at radius 1 is 1.75 bits per heavy atom. The number of nitriles is 1. The molecule has 1 N–H and O–H groups in total. The Bertz CT molecular complexity index is 302. The zero-order chi connectivity index (χ0) is 9.14. The van der Waals surface area contributed by atoms with Gasteiger partial charge in [-0.25, -0.2) is 4.98 Å². The van der Waals surface area contributed by atoms with Crippen molar-refractivity contribution in [3.63, 3.8) is 0 Å². The first kappa shape index (κ1) is 9.17. The van der Waals surface area contributed by atoms with Crippen LogP contribution >= 0.6 is 11.3 Å². The standard InChI is InChI=1S/C8H10N2OS/c1-5(3-9)7(11)8-10-6(2)4-12-8/h4-5,7,11H,1-2H3. The molecule has 0 radical (unpaired) electrons. The molecule has 1 aromatic rings. The van der Waals surface area contributed by atoms with Crippen LogP contribution in [0.5, 0.6) is 0 Å². The predicted molar refractivity (Wildman–Crippen MR) is 46.6 cm³/mol. The van der Waals surface area contributed by atoms with E-state index in [2.05, 4.69) is 4.98 Å². The lowest BCUT2D eigenvalue weighted by molar-refractivity contribution is 0.142. The van der Waals surface area contributed by atoms with E-state index in [4.69, 9.17) is 5.26 Å². The lowest BCUT2D eigenvalue weighted by atomic mass is 10.1. The summed E-state index contributed by atoms with van der Waals surface area (Å²) in [5.41, 5.74) is 0.888. The van der Waals surface area contributed by atoms with Gasteiger partial charge in [-0.1, -0.05) is 0 Å². The number of nitrogens with zero attached hydrogens (tertiary/aromatic N) is 2. The summed E-state index contributed by atoms with van der Waals surface area (Å²) in [5, 5.41) is 20.6. The number of aliphatic hydroxyl groups excluding tert-OH is 1. The normalized spacial score (nSPS) is 15.2. The molecule has 0 amide bonds. The lowest BCUT2D eigenvalue weighted by Gasteiger charge is -2.07. The van der Waals surface area contributed by atoms with Gasteiger partial charge in [-0.3, -0.25) is 0 Å². The van der Waals surface area contributed by atoms with E-state index < -0.39 is 12.0 Å². The molecule has 2 unspecified atom stereocenters. The van der Waals surface area contributed by atoms with Crippen LogP contribution in [0.4, 0.5) is 0 Å². The monoisotopic (exact) mass is 182 g/mol. The minimum absolute atomic E-state index is 0.393. The van der Waals surface area contributed by atoms with Gasteiger partial charge in [-0.2, -0.15) is 5.26 Å². The molecule has 0 fully saturated rings. The quantitative estimate of drug-likeness (QED) is 0.756. The van der Waals surface area contributed by atoms with E-state index in [1.54, 1.807) is 6.92 Å². The van der Waals surface area contributed by atoms with Crippen molar-refractivity contribution in [1.82, 2.24) is 4.98 Å². The molecule has 64 valence electrons. The van der Waals surface area contributed by atoms with Crippen molar-refractivity contribution in [2.24, 2.45) is 5.92 Å². The Hall–Kier alpha value is -0.920. The molecule has 0 aromatic carbocycles. The van der Waals surface area contributed by atoms with Crippen LogP contribution in [0.2, 0.25) is 0 Å². The van der Waals surface area contributed by atoms with E-state index in [1.807, 2.05) is 18.4 Å². The maximum Gasteiger partial charge on any atom is 0.123 e. The molecular formula is C8H10N2OS. The largest absolute Gasteiger partial charge is 0.385 e. The van der Waals surface area contributed by atoms with Crippen LogP contribution in [-0.2, 0) is 0 Å². The molecule has 1 rings (SSSR count). The van der Waals surface area contributed by atoms with E-state index >= 15 is 0 Å². The van der Waals surface area contributed by atoms with Crippen molar-refractivity contribution < 1.29 is 5.11 Å². The number of aromatic nitrogens is 1. The summed E-state index contributed by atoms with van der Waals surface area (Å²) in [5.74, 6) is -0.393. The zero-order valence-corrected chi connectivity index (χ0v) is 7.80. The Labute approximate surface area is 75.3 Å². The molecular weight excluding hydrogens is 172 g/mol. The first-order valence-corrected chi connectivity index (χ1v) is 4.53. The highest BCUT2D eigenvalue weighted by atomic mass is 32.1. The molecule has 0 aliphatic rings. The fourth-order valence-corrected chi connectivity index (χ4v) is 1.68. The van der Waals surface area contributed by atoms with Gasteiger partial charge >= 0.3 is 0 Å². The third-order valence-electron chi connectivity index (χ3n) is 1.57. The summed E-state index contributed by atoms with van der Waals surface area (Å²) in [7, 11) is 0. The SMILES string of the molecule is Cc1csc(C(O)C(C)C#N)n1. The Kier molecular flexibility index (Phi) is 2.79. The summed E-state index contributed by atoms with van der Waals surface area (Å²) < 4.78 is 0. The van der Waals surface area contributed by atoms with Crippen LogP contribution in [-0.4, -0.2) is 10.1 Å². The van der Waals surface area contributed by atoms with E-state index in [0.29, 0.717) is 5.01 Å². The summed E-state index contributed by atoms with van der Waals surface area (Å²) in [6, 6.07) is 1.99. The highest BCUT2D eigenvalue weighted by molar-refractivity contribution is 7.09. The van der Waals surface area contributed by atoms with Crippen molar-refractivity contribution in [3.8, 4) is 6.07 Å². The number of thiazole rings is 1. The van der Waals surface area contributed by atoms with Gasteiger partial charge < -0.3 is 5.11 Å². The van der Waals surface area contributed by atoms with Gasteiger partial charge in [0.25, 0.3) is 0 Å². The Morgan fingerprint density at radius 3 is 2.83 bits per heavy atom. The fourth-order valence-electron chi connectivity index (χ4n) is 0.792. The molecule has 2 atom stereocenters.